The second kappa shape index (κ2) is 18.9. The van der Waals surface area contributed by atoms with Crippen molar-refractivity contribution in [3.8, 4) is 23.0 Å². The van der Waals surface area contributed by atoms with E-state index >= 15 is 8.78 Å². The molecule has 7 rings (SSSR count). The predicted octanol–water partition coefficient (Wildman–Crippen LogP) is 6.92. The highest BCUT2D eigenvalue weighted by Crippen LogP contribution is 2.42. The van der Waals surface area contributed by atoms with E-state index in [2.05, 4.69) is 20.2 Å². The van der Waals surface area contributed by atoms with Gasteiger partial charge in [-0.1, -0.05) is 6.07 Å². The summed E-state index contributed by atoms with van der Waals surface area (Å²) in [6.45, 7) is 10.0. The lowest BCUT2D eigenvalue weighted by Crippen LogP contribution is -2.43. The molecule has 5 heterocycles. The summed E-state index contributed by atoms with van der Waals surface area (Å²) in [7, 11) is 1.48. The number of aryl methyl sites for hydroxylation is 1. The van der Waals surface area contributed by atoms with E-state index < -0.39 is 41.0 Å². The van der Waals surface area contributed by atoms with Crippen molar-refractivity contribution in [2.75, 3.05) is 78.0 Å². The molecule has 0 saturated carbocycles. The predicted molar refractivity (Wildman–Crippen MR) is 222 cm³/mol. The molecule has 3 aliphatic rings. The number of hydrogen-bond donors (Lipinski definition) is 1. The minimum atomic E-state index is -0.982. The first-order valence-corrected chi connectivity index (χ1v) is 21.0. The summed E-state index contributed by atoms with van der Waals surface area (Å²) in [5.41, 5.74) is -0.889. The first-order chi connectivity index (χ1) is 29.3. The average Bonchev–Trinajstić information content (AvgIpc) is 3.63. The summed E-state index contributed by atoms with van der Waals surface area (Å²) >= 11 is 0. The molecule has 17 heteroatoms. The maximum absolute atomic E-state index is 17.6. The number of esters is 1. The Labute approximate surface area is 353 Å². The zero-order valence-corrected chi connectivity index (χ0v) is 35.5. The molecule has 14 nitrogen and oxygen atoms in total. The van der Waals surface area contributed by atoms with Gasteiger partial charge in [0.15, 0.2) is 12.6 Å². The van der Waals surface area contributed by atoms with Gasteiger partial charge >= 0.3 is 18.1 Å². The van der Waals surface area contributed by atoms with Crippen molar-refractivity contribution in [3.05, 3.63) is 47.7 Å². The number of fused-ring (bicyclic) bond motifs is 3. The second-order valence-corrected chi connectivity index (χ2v) is 17.0. The fraction of sp³-hybridized carbons (Fsp3) is 0.568. The number of halogens is 3. The van der Waals surface area contributed by atoms with Gasteiger partial charge in [-0.15, -0.1) is 0 Å². The van der Waals surface area contributed by atoms with Gasteiger partial charge in [0.25, 0.3) is 0 Å². The van der Waals surface area contributed by atoms with Crippen LogP contribution in [0, 0.1) is 17.6 Å². The molecule has 3 saturated heterocycles. The summed E-state index contributed by atoms with van der Waals surface area (Å²) in [5, 5.41) is 4.08. The van der Waals surface area contributed by atoms with Crippen molar-refractivity contribution in [2.24, 2.45) is 5.92 Å². The number of anilines is 1. The minimum absolute atomic E-state index is 0.0730. The highest BCUT2D eigenvalue weighted by atomic mass is 19.1. The van der Waals surface area contributed by atoms with Crippen LogP contribution in [0.2, 0.25) is 0 Å². The van der Waals surface area contributed by atoms with Crippen LogP contribution in [0.4, 0.5) is 23.8 Å². The third-order valence-electron chi connectivity index (χ3n) is 11.3. The van der Waals surface area contributed by atoms with E-state index in [0.29, 0.717) is 61.6 Å². The number of benzene rings is 2. The van der Waals surface area contributed by atoms with Crippen molar-refractivity contribution >= 4 is 39.6 Å². The first-order valence-electron chi connectivity index (χ1n) is 21.0. The standard InChI is InChI=1S/C44H55F3N6O8/c1-6-58-35(54)10-7-9-31-34(46)12-11-28-17-30(60-26-56-5)18-32(36(28)31)38-37(47)39-33(21-48-38)40(51-41(50-39)59-25-44-13-8-14-53(44)23-29(45)19-44)52-15-16-57-24-27(22-52)20-49-42(55)61-43(2,3)4/h11-12,17-18,21,27,29H,6-10,13-16,19-20,22-26H2,1-5H3,(H,49,55)/t27?,29-,44+/m1/s1. The van der Waals surface area contributed by atoms with E-state index in [1.54, 1.807) is 45.9 Å². The van der Waals surface area contributed by atoms with Crippen LogP contribution in [-0.4, -0.2) is 122 Å². The second-order valence-electron chi connectivity index (χ2n) is 17.0. The molecule has 0 spiro atoms. The number of ether oxygens (including phenoxy) is 6. The Morgan fingerprint density at radius 3 is 2.72 bits per heavy atom. The number of alkyl halides is 1. The molecule has 1 unspecified atom stereocenters. The Hall–Kier alpha value is -5.00. The van der Waals surface area contributed by atoms with Gasteiger partial charge in [0.05, 0.1) is 30.7 Å². The number of alkyl carbamates (subject to hydrolysis) is 1. The van der Waals surface area contributed by atoms with Crippen molar-refractivity contribution in [3.63, 3.8) is 0 Å². The summed E-state index contributed by atoms with van der Waals surface area (Å²) < 4.78 is 82.0. The maximum Gasteiger partial charge on any atom is 0.407 e. The molecule has 0 radical (unpaired) electrons. The number of pyridine rings is 1. The third kappa shape index (κ3) is 10.2. The summed E-state index contributed by atoms with van der Waals surface area (Å²) in [4.78, 5) is 43.0. The summed E-state index contributed by atoms with van der Waals surface area (Å²) in [6, 6.07) is 6.12. The van der Waals surface area contributed by atoms with E-state index in [0.717, 1.165) is 19.4 Å². The van der Waals surface area contributed by atoms with Crippen LogP contribution in [0.25, 0.3) is 32.9 Å². The van der Waals surface area contributed by atoms with Gasteiger partial charge in [-0.3, -0.25) is 14.7 Å². The fourth-order valence-electron chi connectivity index (χ4n) is 8.67. The van der Waals surface area contributed by atoms with Crippen LogP contribution in [0.1, 0.15) is 65.4 Å². The molecule has 2 aromatic heterocycles. The first kappa shape index (κ1) is 44.1. The zero-order valence-electron chi connectivity index (χ0n) is 35.5. The number of hydrogen-bond acceptors (Lipinski definition) is 13. The number of nitrogens with zero attached hydrogens (tertiary/aromatic N) is 5. The molecule has 1 amide bonds. The van der Waals surface area contributed by atoms with Gasteiger partial charge in [0, 0.05) is 63.8 Å². The number of amides is 1. The van der Waals surface area contributed by atoms with E-state index in [9.17, 15) is 14.0 Å². The topological polar surface area (TPSA) is 147 Å². The molecule has 3 atom stereocenters. The number of methoxy groups -OCH3 is 1. The largest absolute Gasteiger partial charge is 0.468 e. The van der Waals surface area contributed by atoms with E-state index in [1.165, 1.54) is 19.4 Å². The molecule has 4 aromatic rings. The van der Waals surface area contributed by atoms with Gasteiger partial charge in [0.2, 0.25) is 0 Å². The molecular weight excluding hydrogens is 798 g/mol. The monoisotopic (exact) mass is 852 g/mol. The third-order valence-corrected chi connectivity index (χ3v) is 11.3. The van der Waals surface area contributed by atoms with Crippen molar-refractivity contribution in [2.45, 2.75) is 83.5 Å². The SMILES string of the molecule is CCOC(=O)CCCc1c(F)ccc2cc(OCOC)cc(-c3ncc4c(N5CCOCC(CNC(=O)OC(C)(C)C)C5)nc(OC[C@@]56CCCN5C[C@H](F)C6)nc4c3F)c12. The molecule has 0 bridgehead atoms. The molecule has 3 aliphatic heterocycles. The van der Waals surface area contributed by atoms with E-state index in [1.807, 2.05) is 4.90 Å². The quantitative estimate of drug-likeness (QED) is 0.0976. The smallest absolute Gasteiger partial charge is 0.407 e. The minimum Gasteiger partial charge on any atom is -0.468 e. The van der Waals surface area contributed by atoms with Crippen LogP contribution in [-0.2, 0) is 30.2 Å². The molecule has 330 valence electrons. The normalized spacial score (nSPS) is 20.8. The lowest BCUT2D eigenvalue weighted by molar-refractivity contribution is -0.143. The van der Waals surface area contributed by atoms with Gasteiger partial charge in [0.1, 0.15) is 47.0 Å². The molecular formula is C44H55F3N6O8. The highest BCUT2D eigenvalue weighted by molar-refractivity contribution is 6.02. The lowest BCUT2D eigenvalue weighted by atomic mass is 9.93. The highest BCUT2D eigenvalue weighted by Gasteiger charge is 2.49. The molecule has 61 heavy (non-hydrogen) atoms. The van der Waals surface area contributed by atoms with Gasteiger partial charge < -0.3 is 38.6 Å². The Balaban J connectivity index is 1.32. The molecule has 2 aromatic carbocycles. The number of carbonyl (C=O) groups excluding carboxylic acids is 2. The number of carbonyl (C=O) groups is 2. The van der Waals surface area contributed by atoms with Crippen LogP contribution in [0.5, 0.6) is 11.8 Å². The van der Waals surface area contributed by atoms with Crippen LogP contribution in [0.3, 0.4) is 0 Å². The number of nitrogens with one attached hydrogen (secondary N) is 1. The number of rotatable bonds is 15. The van der Waals surface area contributed by atoms with E-state index in [4.69, 9.17) is 33.4 Å². The van der Waals surface area contributed by atoms with Crippen molar-refractivity contribution in [1.29, 1.82) is 0 Å². The zero-order chi connectivity index (χ0) is 43.3. The van der Waals surface area contributed by atoms with Crippen molar-refractivity contribution in [1.82, 2.24) is 25.2 Å². The average molecular weight is 853 g/mol. The molecule has 0 aliphatic carbocycles. The lowest BCUT2D eigenvalue weighted by Gasteiger charge is -2.31. The fourth-order valence-corrected chi connectivity index (χ4v) is 8.67. The Kier molecular flexibility index (Phi) is 13.7. The molecule has 3 fully saturated rings. The summed E-state index contributed by atoms with van der Waals surface area (Å²) in [6.07, 6.45) is 2.44. The Morgan fingerprint density at radius 2 is 1.93 bits per heavy atom. The molecule has 1 N–H and O–H groups in total. The van der Waals surface area contributed by atoms with Gasteiger partial charge in [-0.2, -0.15) is 9.97 Å². The Bertz CT molecular complexity index is 2230. The maximum atomic E-state index is 17.6. The van der Waals surface area contributed by atoms with Crippen LogP contribution >= 0.6 is 0 Å². The van der Waals surface area contributed by atoms with Gasteiger partial charge in [-0.05, 0) is 94.5 Å². The van der Waals surface area contributed by atoms with Crippen LogP contribution in [0.15, 0.2) is 30.5 Å². The van der Waals surface area contributed by atoms with Gasteiger partial charge in [-0.25, -0.2) is 18.0 Å². The van der Waals surface area contributed by atoms with E-state index in [-0.39, 0.29) is 85.5 Å². The number of aromatic nitrogens is 3. The van der Waals surface area contributed by atoms with Crippen molar-refractivity contribution < 1.29 is 51.2 Å². The summed E-state index contributed by atoms with van der Waals surface area (Å²) in [5.74, 6) is -1.25. The van der Waals surface area contributed by atoms with Crippen LogP contribution < -0.4 is 19.7 Å². The Morgan fingerprint density at radius 1 is 1.10 bits per heavy atom.